The zero-order chi connectivity index (χ0) is 10.9. The maximum atomic E-state index is 11.3. The Morgan fingerprint density at radius 2 is 2.20 bits per heavy atom. The van der Waals surface area contributed by atoms with Crippen LogP contribution < -0.4 is 5.32 Å². The van der Waals surface area contributed by atoms with Crippen molar-refractivity contribution in [3.63, 3.8) is 0 Å². The van der Waals surface area contributed by atoms with Gasteiger partial charge in [0.15, 0.2) is 9.84 Å². The lowest BCUT2D eigenvalue weighted by molar-refractivity contribution is 0.454. The normalized spacial score (nSPS) is 22.9. The SMILES string of the molecule is CS(=O)(=O)c1ccc(C2CCCNC2)[nH]1. The lowest BCUT2D eigenvalue weighted by atomic mass is 9.97. The molecule has 1 aliphatic heterocycles. The first-order valence-corrected chi connectivity index (χ1v) is 7.06. The number of piperidine rings is 1. The van der Waals surface area contributed by atoms with E-state index in [1.165, 1.54) is 6.26 Å². The van der Waals surface area contributed by atoms with Crippen LogP contribution >= 0.6 is 0 Å². The van der Waals surface area contributed by atoms with Crippen LogP contribution in [0.4, 0.5) is 0 Å². The van der Waals surface area contributed by atoms with Crippen molar-refractivity contribution in [3.8, 4) is 0 Å². The van der Waals surface area contributed by atoms with Crippen molar-refractivity contribution >= 4 is 9.84 Å². The first kappa shape index (κ1) is 10.7. The number of aromatic nitrogens is 1. The summed E-state index contributed by atoms with van der Waals surface area (Å²) in [6.45, 7) is 2.00. The Morgan fingerprint density at radius 1 is 1.40 bits per heavy atom. The van der Waals surface area contributed by atoms with E-state index in [0.29, 0.717) is 10.9 Å². The molecule has 0 amide bonds. The fourth-order valence-electron chi connectivity index (χ4n) is 1.96. The number of sulfone groups is 1. The van der Waals surface area contributed by atoms with Gasteiger partial charge in [-0.05, 0) is 31.5 Å². The van der Waals surface area contributed by atoms with E-state index in [1.54, 1.807) is 6.07 Å². The standard InChI is InChI=1S/C10H16N2O2S/c1-15(13,14)10-5-4-9(12-10)8-3-2-6-11-7-8/h4-5,8,11-12H,2-3,6-7H2,1H3. The highest BCUT2D eigenvalue weighted by Gasteiger charge is 2.18. The molecule has 0 radical (unpaired) electrons. The maximum absolute atomic E-state index is 11.3. The summed E-state index contributed by atoms with van der Waals surface area (Å²) in [6.07, 6.45) is 3.50. The molecule has 1 aromatic rings. The molecule has 0 spiro atoms. The van der Waals surface area contributed by atoms with Gasteiger partial charge in [-0.2, -0.15) is 0 Å². The third-order valence-electron chi connectivity index (χ3n) is 2.82. The molecular weight excluding hydrogens is 212 g/mol. The van der Waals surface area contributed by atoms with Gasteiger partial charge < -0.3 is 10.3 Å². The quantitative estimate of drug-likeness (QED) is 0.790. The smallest absolute Gasteiger partial charge is 0.190 e. The van der Waals surface area contributed by atoms with Gasteiger partial charge in [0.25, 0.3) is 0 Å². The minimum absolute atomic E-state index is 0.322. The highest BCUT2D eigenvalue weighted by atomic mass is 32.2. The molecule has 84 valence electrons. The van der Waals surface area contributed by atoms with Gasteiger partial charge in [-0.25, -0.2) is 8.42 Å². The number of H-pyrrole nitrogens is 1. The zero-order valence-corrected chi connectivity index (χ0v) is 9.60. The van der Waals surface area contributed by atoms with E-state index in [4.69, 9.17) is 0 Å². The Hall–Kier alpha value is -0.810. The molecule has 0 aliphatic carbocycles. The van der Waals surface area contributed by atoms with Crippen molar-refractivity contribution in [2.45, 2.75) is 23.8 Å². The summed E-state index contributed by atoms with van der Waals surface area (Å²) in [4.78, 5) is 2.99. The Balaban J connectivity index is 2.19. The van der Waals surface area contributed by atoms with E-state index in [9.17, 15) is 8.42 Å². The van der Waals surface area contributed by atoms with Gasteiger partial charge in [-0.3, -0.25) is 0 Å². The van der Waals surface area contributed by atoms with Gasteiger partial charge in [-0.15, -0.1) is 0 Å². The minimum atomic E-state index is -3.10. The summed E-state index contributed by atoms with van der Waals surface area (Å²) in [5.74, 6) is 0.425. The van der Waals surface area contributed by atoms with Crippen molar-refractivity contribution < 1.29 is 8.42 Å². The van der Waals surface area contributed by atoms with Crippen LogP contribution in [-0.4, -0.2) is 32.7 Å². The van der Waals surface area contributed by atoms with Crippen LogP contribution in [0, 0.1) is 0 Å². The maximum Gasteiger partial charge on any atom is 0.190 e. The second-order valence-corrected chi connectivity index (χ2v) is 6.08. The third-order valence-corrected chi connectivity index (χ3v) is 3.86. The van der Waals surface area contributed by atoms with Crippen molar-refractivity contribution in [2.75, 3.05) is 19.3 Å². The van der Waals surface area contributed by atoms with Crippen molar-refractivity contribution in [1.29, 1.82) is 0 Å². The lowest BCUT2D eigenvalue weighted by Crippen LogP contribution is -2.28. The molecule has 2 N–H and O–H groups in total. The first-order valence-electron chi connectivity index (χ1n) is 5.17. The lowest BCUT2D eigenvalue weighted by Gasteiger charge is -2.21. The Morgan fingerprint density at radius 3 is 2.73 bits per heavy atom. The first-order chi connectivity index (χ1) is 7.07. The van der Waals surface area contributed by atoms with Gasteiger partial charge in [0.1, 0.15) is 5.03 Å². The molecule has 15 heavy (non-hydrogen) atoms. The van der Waals surface area contributed by atoms with Crippen molar-refractivity contribution in [3.05, 3.63) is 17.8 Å². The van der Waals surface area contributed by atoms with Crippen LogP contribution in [0.25, 0.3) is 0 Å². The number of rotatable bonds is 2. The largest absolute Gasteiger partial charge is 0.349 e. The molecule has 1 fully saturated rings. The molecule has 4 nitrogen and oxygen atoms in total. The summed E-state index contributed by atoms with van der Waals surface area (Å²) in [5.41, 5.74) is 1.03. The highest BCUT2D eigenvalue weighted by Crippen LogP contribution is 2.23. The van der Waals surface area contributed by atoms with Gasteiger partial charge in [-0.1, -0.05) is 0 Å². The molecule has 1 atom stereocenters. The van der Waals surface area contributed by atoms with E-state index >= 15 is 0 Å². The summed E-state index contributed by atoms with van der Waals surface area (Å²) in [5, 5.41) is 3.63. The van der Waals surface area contributed by atoms with Crippen LogP contribution in [0.15, 0.2) is 17.2 Å². The van der Waals surface area contributed by atoms with Crippen LogP contribution in [0.2, 0.25) is 0 Å². The van der Waals surface area contributed by atoms with E-state index in [-0.39, 0.29) is 0 Å². The molecular formula is C10H16N2O2S. The molecule has 2 heterocycles. The number of hydrogen-bond donors (Lipinski definition) is 2. The zero-order valence-electron chi connectivity index (χ0n) is 8.79. The van der Waals surface area contributed by atoms with Gasteiger partial charge >= 0.3 is 0 Å². The molecule has 0 bridgehead atoms. The highest BCUT2D eigenvalue weighted by molar-refractivity contribution is 7.90. The second kappa shape index (κ2) is 3.98. The fourth-order valence-corrected chi connectivity index (χ4v) is 2.58. The number of hydrogen-bond acceptors (Lipinski definition) is 3. The third kappa shape index (κ3) is 2.41. The molecule has 0 aromatic carbocycles. The molecule has 1 aromatic heterocycles. The summed E-state index contributed by atoms with van der Waals surface area (Å²) < 4.78 is 22.6. The summed E-state index contributed by atoms with van der Waals surface area (Å²) in [6, 6.07) is 3.54. The fraction of sp³-hybridized carbons (Fsp3) is 0.600. The van der Waals surface area contributed by atoms with Crippen LogP contribution in [0.1, 0.15) is 24.5 Å². The topological polar surface area (TPSA) is 62.0 Å². The monoisotopic (exact) mass is 228 g/mol. The van der Waals surface area contributed by atoms with E-state index < -0.39 is 9.84 Å². The molecule has 1 saturated heterocycles. The molecule has 5 heteroatoms. The van der Waals surface area contributed by atoms with Gasteiger partial charge in [0.2, 0.25) is 0 Å². The average Bonchev–Trinajstić information content (AvgIpc) is 2.67. The summed E-state index contributed by atoms with van der Waals surface area (Å²) in [7, 11) is -3.10. The van der Waals surface area contributed by atoms with E-state index in [2.05, 4.69) is 10.3 Å². The summed E-state index contributed by atoms with van der Waals surface area (Å²) >= 11 is 0. The Kier molecular flexibility index (Phi) is 2.84. The molecule has 2 rings (SSSR count). The molecule has 1 aliphatic rings. The van der Waals surface area contributed by atoms with Crippen molar-refractivity contribution in [1.82, 2.24) is 10.3 Å². The number of nitrogens with one attached hydrogen (secondary N) is 2. The number of aromatic amines is 1. The van der Waals surface area contributed by atoms with Crippen LogP contribution in [0.3, 0.4) is 0 Å². The second-order valence-electron chi connectivity index (χ2n) is 4.09. The Labute approximate surface area is 90.0 Å². The van der Waals surface area contributed by atoms with Gasteiger partial charge in [0, 0.05) is 24.4 Å². The Bertz CT molecular complexity index is 430. The van der Waals surface area contributed by atoms with Crippen molar-refractivity contribution in [2.24, 2.45) is 0 Å². The average molecular weight is 228 g/mol. The van der Waals surface area contributed by atoms with E-state index in [1.807, 2.05) is 6.07 Å². The van der Waals surface area contributed by atoms with Crippen LogP contribution in [0.5, 0.6) is 0 Å². The van der Waals surface area contributed by atoms with E-state index in [0.717, 1.165) is 31.6 Å². The van der Waals surface area contributed by atoms with Gasteiger partial charge in [0.05, 0.1) is 0 Å². The minimum Gasteiger partial charge on any atom is -0.349 e. The molecule has 0 saturated carbocycles. The van der Waals surface area contributed by atoms with Crippen LogP contribution in [-0.2, 0) is 9.84 Å². The predicted octanol–water partition coefficient (Wildman–Crippen LogP) is 0.885. The molecule has 1 unspecified atom stereocenters. The predicted molar refractivity (Wildman–Crippen MR) is 58.7 cm³/mol.